The molecule has 1 aromatic heterocycles. The molecule has 216 valence electrons. The van der Waals surface area contributed by atoms with Crippen molar-refractivity contribution < 1.29 is 31.5 Å². The van der Waals surface area contributed by atoms with Gasteiger partial charge in [0.1, 0.15) is 11.6 Å². The Labute approximate surface area is 245 Å². The Balaban J connectivity index is 1.54. The lowest BCUT2D eigenvalue weighted by Crippen LogP contribution is -2.21. The van der Waals surface area contributed by atoms with Crippen molar-refractivity contribution in [1.29, 1.82) is 0 Å². The fourth-order valence-electron chi connectivity index (χ4n) is 5.17. The first-order valence-corrected chi connectivity index (χ1v) is 13.1. The molecule has 6 nitrogen and oxygen atoms in total. The van der Waals surface area contributed by atoms with E-state index in [-0.39, 0.29) is 33.5 Å². The number of aromatic nitrogens is 2. The Hall–Kier alpha value is -4.90. The normalized spacial score (nSPS) is 14.5. The number of aryl methyl sites for hydroxylation is 1. The maximum Gasteiger partial charge on any atom is 0.416 e. The van der Waals surface area contributed by atoms with Gasteiger partial charge in [0.25, 0.3) is 11.8 Å². The molecule has 0 fully saturated rings. The molecule has 2 heterocycles. The van der Waals surface area contributed by atoms with Crippen LogP contribution >= 0.6 is 11.6 Å². The van der Waals surface area contributed by atoms with Crippen LogP contribution in [-0.4, -0.2) is 21.8 Å². The molecule has 2 N–H and O–H groups in total. The van der Waals surface area contributed by atoms with Crippen molar-refractivity contribution in [1.82, 2.24) is 15.3 Å². The molecular weight excluding hydrogens is 591 g/mol. The van der Waals surface area contributed by atoms with Gasteiger partial charge in [-0.15, -0.1) is 0 Å². The van der Waals surface area contributed by atoms with Crippen LogP contribution in [0.4, 0.5) is 27.6 Å². The highest BCUT2D eigenvalue weighted by atomic mass is 35.5. The predicted molar refractivity (Wildman–Crippen MR) is 150 cm³/mol. The smallest absolute Gasteiger partial charge is 0.341 e. The van der Waals surface area contributed by atoms with Gasteiger partial charge >= 0.3 is 6.18 Å². The van der Waals surface area contributed by atoms with Gasteiger partial charge in [-0.1, -0.05) is 11.6 Å². The maximum absolute atomic E-state index is 14.3. The molecule has 0 radical (unpaired) electrons. The number of rotatable bonds is 4. The third-order valence-corrected chi connectivity index (χ3v) is 7.46. The quantitative estimate of drug-likeness (QED) is 0.205. The number of carbonyl (C=O) groups is 2. The number of halogens is 6. The van der Waals surface area contributed by atoms with Crippen molar-refractivity contribution in [3.05, 3.63) is 123 Å². The molecule has 0 aliphatic carbocycles. The summed E-state index contributed by atoms with van der Waals surface area (Å²) in [7, 11) is 0. The highest BCUT2D eigenvalue weighted by Crippen LogP contribution is 2.42. The minimum atomic E-state index is -4.90. The third-order valence-electron chi connectivity index (χ3n) is 7.12. The first-order chi connectivity index (χ1) is 20.4. The largest absolute Gasteiger partial charge is 0.416 e. The topological polar surface area (TPSA) is 84.0 Å². The van der Waals surface area contributed by atoms with Crippen molar-refractivity contribution in [2.45, 2.75) is 19.1 Å². The van der Waals surface area contributed by atoms with E-state index in [1.54, 1.807) is 24.4 Å². The van der Waals surface area contributed by atoms with Gasteiger partial charge in [-0.2, -0.15) is 13.2 Å². The predicted octanol–water partition coefficient (Wildman–Crippen LogP) is 7.64. The minimum absolute atomic E-state index is 0.0256. The molecule has 1 unspecified atom stereocenters. The highest BCUT2D eigenvalue weighted by molar-refractivity contribution is 6.31. The fourth-order valence-corrected chi connectivity index (χ4v) is 5.39. The van der Waals surface area contributed by atoms with Gasteiger partial charge in [-0.25, -0.2) is 8.78 Å². The lowest BCUT2D eigenvalue weighted by atomic mass is 9.91. The number of amides is 2. The van der Waals surface area contributed by atoms with Crippen molar-refractivity contribution >= 4 is 40.1 Å². The Bertz CT molecular complexity index is 1980. The van der Waals surface area contributed by atoms with Gasteiger partial charge in [0.05, 0.1) is 22.6 Å². The zero-order valence-electron chi connectivity index (χ0n) is 22.0. The van der Waals surface area contributed by atoms with Crippen LogP contribution in [0.25, 0.3) is 22.2 Å². The number of fused-ring (bicyclic) bond motifs is 2. The number of hydrogen-bond acceptors (Lipinski definition) is 4. The van der Waals surface area contributed by atoms with Crippen LogP contribution in [0.2, 0.25) is 5.02 Å². The first-order valence-electron chi connectivity index (χ1n) is 12.7. The Kier molecular flexibility index (Phi) is 6.84. The third kappa shape index (κ3) is 5.27. The number of alkyl halides is 3. The van der Waals surface area contributed by atoms with Crippen molar-refractivity contribution in [2.24, 2.45) is 0 Å². The number of nitrogens with zero attached hydrogens (tertiary/aromatic N) is 2. The van der Waals surface area contributed by atoms with Gasteiger partial charge in [0.15, 0.2) is 0 Å². The van der Waals surface area contributed by atoms with Crippen LogP contribution in [0.3, 0.4) is 0 Å². The van der Waals surface area contributed by atoms with Crippen molar-refractivity contribution in [2.75, 3.05) is 5.32 Å². The summed E-state index contributed by atoms with van der Waals surface area (Å²) < 4.78 is 68.5. The zero-order valence-corrected chi connectivity index (χ0v) is 22.7. The number of carbonyl (C=O) groups excluding carboxylic acids is 2. The SMILES string of the molecule is Cc1cc2nccnc2cc1-c1cc(NC(=O)c2cc(F)cc(C(F)(F)F)c2)c2c(c1)C(=O)NC2c1cc(F)ccc1Cl. The van der Waals surface area contributed by atoms with Crippen LogP contribution < -0.4 is 10.6 Å². The number of nitrogens with one attached hydrogen (secondary N) is 2. The standard InChI is InChI=1S/C31H18ClF5N4O2/c1-14-6-24-25(39-5-4-38-24)13-20(14)15-9-22-27(28(41-30(22)43)21-12-18(33)2-3-23(21)32)26(10-15)40-29(42)16-7-17(31(35,36)37)11-19(34)8-16/h2-13,28H,1H3,(H,40,42)(H,41,43). The average Bonchev–Trinajstić information content (AvgIpc) is 3.29. The molecular formula is C31H18ClF5N4O2. The summed E-state index contributed by atoms with van der Waals surface area (Å²) >= 11 is 6.36. The Morgan fingerprint density at radius 1 is 0.907 bits per heavy atom. The Morgan fingerprint density at radius 3 is 2.35 bits per heavy atom. The molecule has 1 aliphatic heterocycles. The summed E-state index contributed by atoms with van der Waals surface area (Å²) in [5.74, 6) is -3.50. The van der Waals surface area contributed by atoms with E-state index in [2.05, 4.69) is 20.6 Å². The summed E-state index contributed by atoms with van der Waals surface area (Å²) in [5, 5.41) is 5.43. The summed E-state index contributed by atoms with van der Waals surface area (Å²) in [6.45, 7) is 1.82. The van der Waals surface area contributed by atoms with Crippen LogP contribution in [-0.2, 0) is 6.18 Å². The van der Waals surface area contributed by atoms with E-state index in [9.17, 15) is 31.5 Å². The van der Waals surface area contributed by atoms with Gasteiger partial charge < -0.3 is 10.6 Å². The van der Waals surface area contributed by atoms with E-state index in [0.717, 1.165) is 17.7 Å². The van der Waals surface area contributed by atoms with E-state index >= 15 is 0 Å². The Morgan fingerprint density at radius 2 is 1.63 bits per heavy atom. The lowest BCUT2D eigenvalue weighted by Gasteiger charge is -2.19. The van der Waals surface area contributed by atoms with Crippen molar-refractivity contribution in [3.8, 4) is 11.1 Å². The molecule has 0 saturated heterocycles. The van der Waals surface area contributed by atoms with Crippen LogP contribution in [0.1, 0.15) is 49.0 Å². The number of anilines is 1. The van der Waals surface area contributed by atoms with Gasteiger partial charge in [-0.3, -0.25) is 19.6 Å². The molecule has 5 aromatic rings. The van der Waals surface area contributed by atoms with Gasteiger partial charge in [0.2, 0.25) is 0 Å². The molecule has 6 rings (SSSR count). The molecule has 1 aliphatic rings. The number of benzene rings is 4. The summed E-state index contributed by atoms with van der Waals surface area (Å²) in [6.07, 6.45) is -1.84. The van der Waals surface area contributed by atoms with E-state index in [0.29, 0.717) is 34.3 Å². The van der Waals surface area contributed by atoms with E-state index < -0.39 is 46.8 Å². The van der Waals surface area contributed by atoms with Crippen LogP contribution in [0, 0.1) is 18.6 Å². The zero-order chi connectivity index (χ0) is 30.6. The monoisotopic (exact) mass is 608 g/mol. The molecule has 0 spiro atoms. The second-order valence-electron chi connectivity index (χ2n) is 9.95. The fraction of sp³-hybridized carbons (Fsp3) is 0.0968. The molecule has 4 aromatic carbocycles. The molecule has 0 bridgehead atoms. The minimum Gasteiger partial charge on any atom is -0.341 e. The van der Waals surface area contributed by atoms with Crippen LogP contribution in [0.5, 0.6) is 0 Å². The van der Waals surface area contributed by atoms with Gasteiger partial charge in [-0.05, 0) is 84.3 Å². The second kappa shape index (κ2) is 10.4. The average molecular weight is 609 g/mol. The molecule has 43 heavy (non-hydrogen) atoms. The molecule has 1 atom stereocenters. The van der Waals surface area contributed by atoms with Crippen molar-refractivity contribution in [3.63, 3.8) is 0 Å². The maximum atomic E-state index is 14.3. The number of hydrogen-bond donors (Lipinski definition) is 2. The molecule has 0 saturated carbocycles. The van der Waals surface area contributed by atoms with E-state index in [1.807, 2.05) is 6.92 Å². The first kappa shape index (κ1) is 28.2. The molecule has 2 amide bonds. The highest BCUT2D eigenvalue weighted by Gasteiger charge is 2.36. The van der Waals surface area contributed by atoms with Gasteiger partial charge in [0, 0.05) is 45.4 Å². The summed E-state index contributed by atoms with van der Waals surface area (Å²) in [5.41, 5.74) is 1.66. The lowest BCUT2D eigenvalue weighted by molar-refractivity contribution is -0.137. The summed E-state index contributed by atoms with van der Waals surface area (Å²) in [6, 6.07) is 10.7. The van der Waals surface area contributed by atoms with Crippen LogP contribution in [0.15, 0.2) is 73.1 Å². The molecule has 12 heteroatoms. The van der Waals surface area contributed by atoms with E-state index in [4.69, 9.17) is 11.6 Å². The second-order valence-corrected chi connectivity index (χ2v) is 10.4. The van der Waals surface area contributed by atoms with E-state index in [1.165, 1.54) is 18.3 Å². The summed E-state index contributed by atoms with van der Waals surface area (Å²) in [4.78, 5) is 35.2.